The van der Waals surface area contributed by atoms with Gasteiger partial charge in [0.1, 0.15) is 17.9 Å². The van der Waals surface area contributed by atoms with Crippen molar-refractivity contribution in [1.29, 1.82) is 0 Å². The molecular weight excluding hydrogens is 449 g/mol. The van der Waals surface area contributed by atoms with Crippen molar-refractivity contribution in [2.45, 2.75) is 4.90 Å². The van der Waals surface area contributed by atoms with Gasteiger partial charge in [0.05, 0.1) is 43.1 Å². The fraction of sp³-hybridized carbons (Fsp3) is 0.130. The standard InChI is InChI=1S/C23H20FN3O5S/c1-30-15-5-7-16(8-6-15)33(28,29)27-19-9-4-14(10-18(19)24)23-17-11-21(31-2)22(32-3)12-20(17)25-13-26-23/h4-13,27H,1-3H3. The average Bonchev–Trinajstić information content (AvgIpc) is 2.83. The van der Waals surface area contributed by atoms with Crippen molar-refractivity contribution in [2.75, 3.05) is 26.1 Å². The van der Waals surface area contributed by atoms with E-state index in [1.807, 2.05) is 0 Å². The highest BCUT2D eigenvalue weighted by Gasteiger charge is 2.18. The summed E-state index contributed by atoms with van der Waals surface area (Å²) in [5, 5.41) is 0.626. The van der Waals surface area contributed by atoms with Gasteiger partial charge in [-0.1, -0.05) is 6.07 Å². The summed E-state index contributed by atoms with van der Waals surface area (Å²) in [7, 11) is 0.518. The quantitative estimate of drug-likeness (QED) is 0.432. The number of methoxy groups -OCH3 is 3. The van der Waals surface area contributed by atoms with Gasteiger partial charge in [0.2, 0.25) is 0 Å². The molecule has 0 radical (unpaired) electrons. The fourth-order valence-corrected chi connectivity index (χ4v) is 4.38. The first kappa shape index (κ1) is 22.3. The third-order valence-electron chi connectivity index (χ3n) is 5.00. The first-order valence-electron chi connectivity index (χ1n) is 9.70. The summed E-state index contributed by atoms with van der Waals surface area (Å²) in [6, 6.07) is 13.3. The highest BCUT2D eigenvalue weighted by atomic mass is 32.2. The number of hydrogen-bond acceptors (Lipinski definition) is 7. The van der Waals surface area contributed by atoms with E-state index < -0.39 is 15.8 Å². The summed E-state index contributed by atoms with van der Waals surface area (Å²) in [6.45, 7) is 0. The molecule has 0 spiro atoms. The van der Waals surface area contributed by atoms with E-state index in [2.05, 4.69) is 14.7 Å². The van der Waals surface area contributed by atoms with E-state index >= 15 is 0 Å². The predicted molar refractivity (Wildman–Crippen MR) is 122 cm³/mol. The number of benzene rings is 3. The molecule has 0 atom stereocenters. The fourth-order valence-electron chi connectivity index (χ4n) is 3.32. The minimum atomic E-state index is -3.99. The maximum absolute atomic E-state index is 14.9. The molecule has 4 rings (SSSR count). The molecule has 4 aromatic rings. The average molecular weight is 469 g/mol. The Morgan fingerprint density at radius 3 is 2.18 bits per heavy atom. The lowest BCUT2D eigenvalue weighted by atomic mass is 10.1. The number of nitrogens with zero attached hydrogens (tertiary/aromatic N) is 2. The first-order valence-corrected chi connectivity index (χ1v) is 11.2. The van der Waals surface area contributed by atoms with Crippen molar-refractivity contribution in [2.24, 2.45) is 0 Å². The Labute approximate surface area is 190 Å². The summed E-state index contributed by atoms with van der Waals surface area (Å²) < 4.78 is 58.2. The summed E-state index contributed by atoms with van der Waals surface area (Å²) in [5.41, 5.74) is 1.30. The van der Waals surface area contributed by atoms with Crippen LogP contribution in [0.1, 0.15) is 0 Å². The van der Waals surface area contributed by atoms with Gasteiger partial charge in [-0.05, 0) is 42.5 Å². The molecule has 0 saturated heterocycles. The number of ether oxygens (including phenoxy) is 3. The number of rotatable bonds is 7. The molecule has 3 aromatic carbocycles. The van der Waals surface area contributed by atoms with Crippen LogP contribution in [-0.4, -0.2) is 39.7 Å². The van der Waals surface area contributed by atoms with Crippen LogP contribution in [0.3, 0.4) is 0 Å². The van der Waals surface area contributed by atoms with Crippen molar-refractivity contribution < 1.29 is 27.0 Å². The smallest absolute Gasteiger partial charge is 0.261 e. The molecule has 1 aromatic heterocycles. The zero-order valence-electron chi connectivity index (χ0n) is 18.0. The Hall–Kier alpha value is -3.92. The second-order valence-electron chi connectivity index (χ2n) is 6.92. The Bertz CT molecular complexity index is 1430. The minimum Gasteiger partial charge on any atom is -0.497 e. The molecular formula is C23H20FN3O5S. The van der Waals surface area contributed by atoms with Crippen molar-refractivity contribution in [3.63, 3.8) is 0 Å². The second kappa shape index (κ2) is 8.91. The molecule has 33 heavy (non-hydrogen) atoms. The number of hydrogen-bond donors (Lipinski definition) is 1. The van der Waals surface area contributed by atoms with E-state index in [0.29, 0.717) is 39.4 Å². The largest absolute Gasteiger partial charge is 0.497 e. The number of aromatic nitrogens is 2. The molecule has 0 fully saturated rings. The number of fused-ring (bicyclic) bond motifs is 1. The molecule has 0 saturated carbocycles. The Morgan fingerprint density at radius 1 is 0.848 bits per heavy atom. The Kier molecular flexibility index (Phi) is 6.01. The SMILES string of the molecule is COc1ccc(S(=O)(=O)Nc2ccc(-c3ncnc4cc(OC)c(OC)cc34)cc2F)cc1. The molecule has 0 aliphatic rings. The van der Waals surface area contributed by atoms with Crippen LogP contribution >= 0.6 is 0 Å². The highest BCUT2D eigenvalue weighted by molar-refractivity contribution is 7.92. The molecule has 0 aliphatic heterocycles. The molecule has 10 heteroatoms. The van der Waals surface area contributed by atoms with Crippen LogP contribution in [0.15, 0.2) is 65.8 Å². The Balaban J connectivity index is 1.70. The summed E-state index contributed by atoms with van der Waals surface area (Å²) >= 11 is 0. The van der Waals surface area contributed by atoms with E-state index in [9.17, 15) is 12.8 Å². The van der Waals surface area contributed by atoms with Gasteiger partial charge in [-0.2, -0.15) is 0 Å². The van der Waals surface area contributed by atoms with Crippen LogP contribution in [-0.2, 0) is 10.0 Å². The van der Waals surface area contributed by atoms with Gasteiger partial charge in [0.15, 0.2) is 11.5 Å². The van der Waals surface area contributed by atoms with E-state index in [-0.39, 0.29) is 10.6 Å². The van der Waals surface area contributed by atoms with Crippen molar-refractivity contribution in [3.05, 3.63) is 66.7 Å². The zero-order chi connectivity index (χ0) is 23.6. The van der Waals surface area contributed by atoms with E-state index in [0.717, 1.165) is 0 Å². The lowest BCUT2D eigenvalue weighted by molar-refractivity contribution is 0.356. The van der Waals surface area contributed by atoms with Gasteiger partial charge < -0.3 is 14.2 Å². The van der Waals surface area contributed by atoms with Crippen LogP contribution in [0.25, 0.3) is 22.2 Å². The normalized spacial score (nSPS) is 11.3. The van der Waals surface area contributed by atoms with Crippen LogP contribution in [0.5, 0.6) is 17.2 Å². The van der Waals surface area contributed by atoms with Crippen LogP contribution < -0.4 is 18.9 Å². The molecule has 1 N–H and O–H groups in total. The van der Waals surface area contributed by atoms with Crippen LogP contribution in [0, 0.1) is 5.82 Å². The monoisotopic (exact) mass is 469 g/mol. The molecule has 170 valence electrons. The van der Waals surface area contributed by atoms with E-state index in [1.54, 1.807) is 18.2 Å². The number of nitrogens with one attached hydrogen (secondary N) is 1. The lowest BCUT2D eigenvalue weighted by Gasteiger charge is -2.13. The zero-order valence-corrected chi connectivity index (χ0v) is 18.8. The third kappa shape index (κ3) is 4.37. The lowest BCUT2D eigenvalue weighted by Crippen LogP contribution is -2.14. The van der Waals surface area contributed by atoms with Gasteiger partial charge in [-0.25, -0.2) is 22.8 Å². The van der Waals surface area contributed by atoms with Gasteiger partial charge >= 0.3 is 0 Å². The van der Waals surface area contributed by atoms with Crippen molar-refractivity contribution >= 4 is 26.6 Å². The summed E-state index contributed by atoms with van der Waals surface area (Å²) in [5.74, 6) is 0.738. The van der Waals surface area contributed by atoms with E-state index in [1.165, 1.54) is 64.1 Å². The van der Waals surface area contributed by atoms with Gasteiger partial charge in [0, 0.05) is 17.0 Å². The summed E-state index contributed by atoms with van der Waals surface area (Å²) in [6.07, 6.45) is 1.36. The van der Waals surface area contributed by atoms with Crippen molar-refractivity contribution in [3.8, 4) is 28.5 Å². The number of halogens is 1. The minimum absolute atomic E-state index is 0.0189. The molecule has 1 heterocycles. The molecule has 0 bridgehead atoms. The number of sulfonamides is 1. The molecule has 8 nitrogen and oxygen atoms in total. The topological polar surface area (TPSA) is 99.6 Å². The highest BCUT2D eigenvalue weighted by Crippen LogP contribution is 2.36. The number of anilines is 1. The van der Waals surface area contributed by atoms with Crippen LogP contribution in [0.4, 0.5) is 10.1 Å². The maximum Gasteiger partial charge on any atom is 0.261 e. The molecule has 0 aliphatic carbocycles. The van der Waals surface area contributed by atoms with Gasteiger partial charge in [-0.3, -0.25) is 4.72 Å². The Morgan fingerprint density at radius 2 is 1.55 bits per heavy atom. The second-order valence-corrected chi connectivity index (χ2v) is 8.60. The van der Waals surface area contributed by atoms with E-state index in [4.69, 9.17) is 14.2 Å². The van der Waals surface area contributed by atoms with Gasteiger partial charge in [-0.15, -0.1) is 0 Å². The molecule has 0 unspecified atom stereocenters. The molecule has 0 amide bonds. The maximum atomic E-state index is 14.9. The predicted octanol–water partition coefficient (Wildman–Crippen LogP) is 4.26. The van der Waals surface area contributed by atoms with Crippen LogP contribution in [0.2, 0.25) is 0 Å². The summed E-state index contributed by atoms with van der Waals surface area (Å²) in [4.78, 5) is 8.52. The van der Waals surface area contributed by atoms with Gasteiger partial charge in [0.25, 0.3) is 10.0 Å². The third-order valence-corrected chi connectivity index (χ3v) is 6.38. The van der Waals surface area contributed by atoms with Crippen molar-refractivity contribution in [1.82, 2.24) is 9.97 Å². The first-order chi connectivity index (χ1) is 15.9.